The predicted molar refractivity (Wildman–Crippen MR) is 115 cm³/mol. The largest absolute Gasteiger partial charge is 0.384 e. The molecule has 2 heterocycles. The standard InChI is InChI=1S/C22H27N7/c1-22(2)11-17(26-20-24-10-9-19(23)28-20)16-13-25-21(27-18(16)12-22)29(3)14-15-7-5-4-6-8-15/h4-10,13,17H,11-12,14H2,1-3H3,(H3,23,24,26,28)/t17-/m0/s1. The Morgan fingerprint density at radius 3 is 2.69 bits per heavy atom. The zero-order valence-electron chi connectivity index (χ0n) is 17.1. The number of nitrogens with zero attached hydrogens (tertiary/aromatic N) is 5. The second-order valence-corrected chi connectivity index (χ2v) is 8.46. The van der Waals surface area contributed by atoms with Gasteiger partial charge in [0.1, 0.15) is 5.82 Å². The lowest BCUT2D eigenvalue weighted by atomic mass is 9.74. The predicted octanol–water partition coefficient (Wildman–Crippen LogP) is 3.61. The normalized spacial score (nSPS) is 17.4. The Morgan fingerprint density at radius 2 is 1.93 bits per heavy atom. The maximum absolute atomic E-state index is 5.81. The summed E-state index contributed by atoms with van der Waals surface area (Å²) in [5.74, 6) is 1.72. The summed E-state index contributed by atoms with van der Waals surface area (Å²) in [5, 5.41) is 3.43. The number of nitrogens with one attached hydrogen (secondary N) is 1. The molecule has 0 radical (unpaired) electrons. The number of nitrogen functional groups attached to an aromatic ring is 1. The van der Waals surface area contributed by atoms with Gasteiger partial charge in [-0.25, -0.2) is 15.0 Å². The molecule has 1 aromatic carbocycles. The van der Waals surface area contributed by atoms with Gasteiger partial charge in [-0.05, 0) is 29.9 Å². The third-order valence-corrected chi connectivity index (χ3v) is 5.25. The Kier molecular flexibility index (Phi) is 5.05. The van der Waals surface area contributed by atoms with E-state index in [1.807, 2.05) is 31.4 Å². The van der Waals surface area contributed by atoms with Crippen molar-refractivity contribution in [3.63, 3.8) is 0 Å². The number of aromatic nitrogens is 4. The van der Waals surface area contributed by atoms with Gasteiger partial charge in [0.2, 0.25) is 11.9 Å². The number of benzene rings is 1. The first-order chi connectivity index (χ1) is 13.9. The van der Waals surface area contributed by atoms with E-state index in [0.29, 0.717) is 11.8 Å². The van der Waals surface area contributed by atoms with E-state index in [1.165, 1.54) is 5.56 Å². The summed E-state index contributed by atoms with van der Waals surface area (Å²) < 4.78 is 0. The van der Waals surface area contributed by atoms with Gasteiger partial charge in [-0.3, -0.25) is 0 Å². The van der Waals surface area contributed by atoms with Gasteiger partial charge in [0, 0.05) is 31.5 Å². The van der Waals surface area contributed by atoms with Crippen LogP contribution in [0.2, 0.25) is 0 Å². The molecule has 0 aliphatic heterocycles. The molecule has 0 saturated heterocycles. The summed E-state index contributed by atoms with van der Waals surface area (Å²) in [6.07, 6.45) is 5.46. The van der Waals surface area contributed by atoms with Gasteiger partial charge in [0.05, 0.1) is 11.7 Å². The second kappa shape index (κ2) is 7.66. The monoisotopic (exact) mass is 389 g/mol. The van der Waals surface area contributed by atoms with E-state index in [9.17, 15) is 0 Å². The molecule has 1 atom stereocenters. The summed E-state index contributed by atoms with van der Waals surface area (Å²) in [6, 6.07) is 12.1. The quantitative estimate of drug-likeness (QED) is 0.688. The first-order valence-electron chi connectivity index (χ1n) is 9.85. The molecule has 7 nitrogen and oxygen atoms in total. The number of nitrogens with two attached hydrogens (primary N) is 1. The minimum absolute atomic E-state index is 0.0454. The van der Waals surface area contributed by atoms with Crippen LogP contribution in [0, 0.1) is 5.41 Å². The first kappa shape index (κ1) is 19.1. The highest BCUT2D eigenvalue weighted by molar-refractivity contribution is 5.42. The Labute approximate surface area is 171 Å². The van der Waals surface area contributed by atoms with Gasteiger partial charge < -0.3 is 16.0 Å². The highest BCUT2D eigenvalue weighted by atomic mass is 15.2. The van der Waals surface area contributed by atoms with Crippen LogP contribution in [0.4, 0.5) is 17.7 Å². The van der Waals surface area contributed by atoms with Crippen molar-refractivity contribution >= 4 is 17.7 Å². The number of anilines is 3. The smallest absolute Gasteiger partial charge is 0.225 e. The van der Waals surface area contributed by atoms with Crippen molar-refractivity contribution < 1.29 is 0 Å². The highest BCUT2D eigenvalue weighted by Crippen LogP contribution is 2.41. The Hall–Kier alpha value is -3.22. The van der Waals surface area contributed by atoms with E-state index in [1.54, 1.807) is 12.3 Å². The van der Waals surface area contributed by atoms with E-state index in [2.05, 4.69) is 51.1 Å². The summed E-state index contributed by atoms with van der Waals surface area (Å²) in [6.45, 7) is 5.29. The fourth-order valence-corrected chi connectivity index (χ4v) is 3.88. The van der Waals surface area contributed by atoms with Gasteiger partial charge in [-0.1, -0.05) is 44.2 Å². The Morgan fingerprint density at radius 1 is 1.14 bits per heavy atom. The average Bonchev–Trinajstić information content (AvgIpc) is 2.67. The molecule has 2 aromatic heterocycles. The summed E-state index contributed by atoms with van der Waals surface area (Å²) in [4.78, 5) is 20.2. The molecule has 4 rings (SSSR count). The number of hydrogen-bond donors (Lipinski definition) is 2. The summed E-state index contributed by atoms with van der Waals surface area (Å²) in [7, 11) is 2.03. The zero-order chi connectivity index (χ0) is 20.4. The Bertz CT molecular complexity index is 987. The van der Waals surface area contributed by atoms with Crippen molar-refractivity contribution in [2.45, 2.75) is 39.3 Å². The lowest BCUT2D eigenvalue weighted by molar-refractivity contribution is 0.286. The summed E-state index contributed by atoms with van der Waals surface area (Å²) in [5.41, 5.74) is 9.32. The maximum atomic E-state index is 5.81. The SMILES string of the molecule is CN(Cc1ccccc1)c1ncc2c(n1)CC(C)(C)C[C@@H]2Nc1nccc(N)n1. The molecular formula is C22H27N7. The second-order valence-electron chi connectivity index (χ2n) is 8.46. The van der Waals surface area contributed by atoms with Crippen LogP contribution in [-0.4, -0.2) is 27.0 Å². The molecule has 0 spiro atoms. The molecule has 0 saturated carbocycles. The lowest BCUT2D eigenvalue weighted by Gasteiger charge is -2.36. The first-order valence-corrected chi connectivity index (χ1v) is 9.85. The molecule has 29 heavy (non-hydrogen) atoms. The molecule has 3 aromatic rings. The van der Waals surface area contributed by atoms with Crippen molar-refractivity contribution in [2.75, 3.05) is 23.0 Å². The third-order valence-electron chi connectivity index (χ3n) is 5.25. The van der Waals surface area contributed by atoms with Crippen molar-refractivity contribution in [3.8, 4) is 0 Å². The molecule has 3 N–H and O–H groups in total. The molecule has 7 heteroatoms. The fraction of sp³-hybridized carbons (Fsp3) is 0.364. The van der Waals surface area contributed by atoms with Gasteiger partial charge in [0.15, 0.2) is 0 Å². The van der Waals surface area contributed by atoms with Crippen LogP contribution < -0.4 is 16.0 Å². The zero-order valence-corrected chi connectivity index (χ0v) is 17.1. The van der Waals surface area contributed by atoms with Gasteiger partial charge in [0.25, 0.3) is 0 Å². The number of hydrogen-bond acceptors (Lipinski definition) is 7. The summed E-state index contributed by atoms with van der Waals surface area (Å²) >= 11 is 0. The number of rotatable bonds is 5. The van der Waals surface area contributed by atoms with Gasteiger partial charge >= 0.3 is 0 Å². The van der Waals surface area contributed by atoms with E-state index in [4.69, 9.17) is 10.7 Å². The maximum Gasteiger partial charge on any atom is 0.225 e. The number of fused-ring (bicyclic) bond motifs is 1. The molecule has 150 valence electrons. The van der Waals surface area contributed by atoms with Crippen LogP contribution in [0.1, 0.15) is 43.1 Å². The molecule has 0 amide bonds. The van der Waals surface area contributed by atoms with E-state index >= 15 is 0 Å². The molecule has 0 fully saturated rings. The van der Waals surface area contributed by atoms with Crippen LogP contribution in [0.3, 0.4) is 0 Å². The van der Waals surface area contributed by atoms with E-state index < -0.39 is 0 Å². The van der Waals surface area contributed by atoms with Crippen LogP contribution in [-0.2, 0) is 13.0 Å². The van der Waals surface area contributed by atoms with Gasteiger partial charge in [-0.2, -0.15) is 4.98 Å². The lowest BCUT2D eigenvalue weighted by Crippen LogP contribution is -2.31. The molecule has 0 unspecified atom stereocenters. The van der Waals surface area contributed by atoms with Crippen LogP contribution >= 0.6 is 0 Å². The van der Waals surface area contributed by atoms with Crippen molar-refractivity contribution in [1.29, 1.82) is 0 Å². The molecule has 0 bridgehead atoms. The highest BCUT2D eigenvalue weighted by Gasteiger charge is 2.34. The van der Waals surface area contributed by atoms with Crippen molar-refractivity contribution in [1.82, 2.24) is 19.9 Å². The van der Waals surface area contributed by atoms with Crippen LogP contribution in [0.25, 0.3) is 0 Å². The molecule has 1 aliphatic rings. The minimum Gasteiger partial charge on any atom is -0.384 e. The minimum atomic E-state index is 0.0454. The van der Waals surface area contributed by atoms with Gasteiger partial charge in [-0.15, -0.1) is 0 Å². The molecule has 1 aliphatic carbocycles. The van der Waals surface area contributed by atoms with E-state index in [0.717, 1.165) is 36.6 Å². The Balaban J connectivity index is 1.60. The topological polar surface area (TPSA) is 92.9 Å². The molecular weight excluding hydrogens is 362 g/mol. The van der Waals surface area contributed by atoms with Crippen molar-refractivity contribution in [3.05, 3.63) is 65.6 Å². The fourth-order valence-electron chi connectivity index (χ4n) is 3.88. The van der Waals surface area contributed by atoms with Crippen LogP contribution in [0.15, 0.2) is 48.8 Å². The van der Waals surface area contributed by atoms with E-state index in [-0.39, 0.29) is 11.5 Å². The average molecular weight is 390 g/mol. The van der Waals surface area contributed by atoms with Crippen molar-refractivity contribution in [2.24, 2.45) is 5.41 Å². The van der Waals surface area contributed by atoms with Crippen LogP contribution in [0.5, 0.6) is 0 Å². The third kappa shape index (κ3) is 4.45.